The van der Waals surface area contributed by atoms with E-state index < -0.39 is 0 Å². The van der Waals surface area contributed by atoms with Gasteiger partial charge < -0.3 is 4.74 Å². The van der Waals surface area contributed by atoms with E-state index in [9.17, 15) is 0 Å². The lowest BCUT2D eigenvalue weighted by Crippen LogP contribution is -2.37. The zero-order valence-electron chi connectivity index (χ0n) is 8.65. The van der Waals surface area contributed by atoms with Crippen molar-refractivity contribution < 1.29 is 4.74 Å². The van der Waals surface area contributed by atoms with E-state index in [1.807, 2.05) is 17.9 Å². The molecule has 14 heavy (non-hydrogen) atoms. The summed E-state index contributed by atoms with van der Waals surface area (Å²) in [5.41, 5.74) is 1.30. The first-order valence-electron chi connectivity index (χ1n) is 5.13. The number of aromatic nitrogens is 2. The van der Waals surface area contributed by atoms with Crippen molar-refractivity contribution in [1.29, 1.82) is 0 Å². The van der Waals surface area contributed by atoms with Gasteiger partial charge in [0.2, 0.25) is 0 Å². The third-order valence-electron chi connectivity index (χ3n) is 2.71. The molecule has 1 aliphatic heterocycles. The molecule has 0 bridgehead atoms. The summed E-state index contributed by atoms with van der Waals surface area (Å²) in [6, 6.07) is 2.08. The molecule has 2 heterocycles. The van der Waals surface area contributed by atoms with Crippen molar-refractivity contribution in [2.45, 2.75) is 6.42 Å². The summed E-state index contributed by atoms with van der Waals surface area (Å²) < 4.78 is 7.25. The Kier molecular flexibility index (Phi) is 3.16. The molecular weight excluding hydrogens is 178 g/mol. The first kappa shape index (κ1) is 9.68. The Morgan fingerprint density at radius 3 is 2.86 bits per heavy atom. The van der Waals surface area contributed by atoms with Crippen molar-refractivity contribution >= 4 is 0 Å². The highest BCUT2D eigenvalue weighted by atomic mass is 16.5. The van der Waals surface area contributed by atoms with E-state index in [1.165, 1.54) is 5.69 Å². The Morgan fingerprint density at radius 2 is 2.21 bits per heavy atom. The van der Waals surface area contributed by atoms with Crippen molar-refractivity contribution in [2.75, 3.05) is 32.8 Å². The zero-order chi connectivity index (χ0) is 9.80. The minimum Gasteiger partial charge on any atom is -0.379 e. The Bertz CT molecular complexity index is 279. The first-order chi connectivity index (χ1) is 6.86. The molecule has 0 aromatic carbocycles. The van der Waals surface area contributed by atoms with Gasteiger partial charge >= 0.3 is 0 Å². The summed E-state index contributed by atoms with van der Waals surface area (Å²) in [4.78, 5) is 2.44. The van der Waals surface area contributed by atoms with E-state index in [1.54, 1.807) is 0 Å². The second-order valence-electron chi connectivity index (χ2n) is 3.65. The maximum Gasteiger partial charge on any atom is 0.0594 e. The highest BCUT2D eigenvalue weighted by Crippen LogP contribution is 2.02. The molecule has 4 heteroatoms. The van der Waals surface area contributed by atoms with Gasteiger partial charge in [0.05, 0.1) is 13.2 Å². The van der Waals surface area contributed by atoms with Gasteiger partial charge in [-0.1, -0.05) is 0 Å². The molecular formula is C10H17N3O. The van der Waals surface area contributed by atoms with Crippen LogP contribution in [0.3, 0.4) is 0 Å². The Hall–Kier alpha value is -0.870. The molecule has 1 aliphatic rings. The standard InChI is InChI=1S/C10H17N3O/c1-12-10(2-4-11-12)3-5-13-6-8-14-9-7-13/h2,4H,3,5-9H2,1H3. The van der Waals surface area contributed by atoms with Crippen LogP contribution in [0.25, 0.3) is 0 Å². The van der Waals surface area contributed by atoms with Crippen LogP contribution in [0.2, 0.25) is 0 Å². The highest BCUT2D eigenvalue weighted by Gasteiger charge is 2.10. The minimum atomic E-state index is 0.880. The van der Waals surface area contributed by atoms with Crippen molar-refractivity contribution in [3.8, 4) is 0 Å². The third-order valence-corrected chi connectivity index (χ3v) is 2.71. The molecule has 0 spiro atoms. The highest BCUT2D eigenvalue weighted by molar-refractivity contribution is 5.00. The number of hydrogen-bond donors (Lipinski definition) is 0. The second kappa shape index (κ2) is 4.57. The van der Waals surface area contributed by atoms with Crippen LogP contribution < -0.4 is 0 Å². The molecule has 0 N–H and O–H groups in total. The predicted molar refractivity (Wildman–Crippen MR) is 54.2 cm³/mol. The summed E-state index contributed by atoms with van der Waals surface area (Å²) >= 11 is 0. The van der Waals surface area contributed by atoms with Crippen LogP contribution in [0.5, 0.6) is 0 Å². The smallest absolute Gasteiger partial charge is 0.0594 e. The number of morpholine rings is 1. The summed E-state index contributed by atoms with van der Waals surface area (Å²) in [5, 5.41) is 4.15. The fourth-order valence-corrected chi connectivity index (χ4v) is 1.74. The van der Waals surface area contributed by atoms with E-state index >= 15 is 0 Å². The molecule has 1 aromatic heterocycles. The Balaban J connectivity index is 1.79. The maximum absolute atomic E-state index is 5.30. The van der Waals surface area contributed by atoms with Gasteiger partial charge in [-0.05, 0) is 6.07 Å². The summed E-state index contributed by atoms with van der Waals surface area (Å²) in [6.07, 6.45) is 2.94. The maximum atomic E-state index is 5.30. The molecule has 4 nitrogen and oxygen atoms in total. The van der Waals surface area contributed by atoms with Crippen molar-refractivity contribution in [1.82, 2.24) is 14.7 Å². The summed E-state index contributed by atoms with van der Waals surface area (Å²) in [7, 11) is 1.99. The monoisotopic (exact) mass is 195 g/mol. The molecule has 0 radical (unpaired) electrons. The molecule has 2 rings (SSSR count). The minimum absolute atomic E-state index is 0.880. The van der Waals surface area contributed by atoms with Crippen molar-refractivity contribution in [3.05, 3.63) is 18.0 Å². The van der Waals surface area contributed by atoms with Crippen LogP contribution in [-0.2, 0) is 18.2 Å². The van der Waals surface area contributed by atoms with E-state index in [0.29, 0.717) is 0 Å². The average Bonchev–Trinajstić information content (AvgIpc) is 2.63. The van der Waals surface area contributed by atoms with Gasteiger partial charge in [0.1, 0.15) is 0 Å². The van der Waals surface area contributed by atoms with E-state index in [2.05, 4.69) is 16.1 Å². The molecule has 0 atom stereocenters. The largest absolute Gasteiger partial charge is 0.379 e. The Morgan fingerprint density at radius 1 is 1.43 bits per heavy atom. The molecule has 1 aromatic rings. The van der Waals surface area contributed by atoms with Crippen LogP contribution in [0.4, 0.5) is 0 Å². The first-order valence-corrected chi connectivity index (χ1v) is 5.13. The van der Waals surface area contributed by atoms with Gasteiger partial charge in [0, 0.05) is 45.0 Å². The number of hydrogen-bond acceptors (Lipinski definition) is 3. The van der Waals surface area contributed by atoms with Crippen LogP contribution in [0.15, 0.2) is 12.3 Å². The van der Waals surface area contributed by atoms with E-state index in [4.69, 9.17) is 4.74 Å². The zero-order valence-corrected chi connectivity index (χ0v) is 8.65. The lowest BCUT2D eigenvalue weighted by molar-refractivity contribution is 0.0382. The fraction of sp³-hybridized carbons (Fsp3) is 0.700. The number of rotatable bonds is 3. The fourth-order valence-electron chi connectivity index (χ4n) is 1.74. The number of nitrogens with zero attached hydrogens (tertiary/aromatic N) is 3. The van der Waals surface area contributed by atoms with Gasteiger partial charge in [-0.2, -0.15) is 5.10 Å². The Labute approximate surface area is 84.5 Å². The predicted octanol–water partition coefficient (Wildman–Crippen LogP) is 0.295. The topological polar surface area (TPSA) is 30.3 Å². The SMILES string of the molecule is Cn1nccc1CCN1CCOCC1. The lowest BCUT2D eigenvalue weighted by atomic mass is 10.3. The van der Waals surface area contributed by atoms with Crippen LogP contribution in [0, 0.1) is 0 Å². The molecule has 78 valence electrons. The quantitative estimate of drug-likeness (QED) is 0.694. The van der Waals surface area contributed by atoms with Gasteiger partial charge in [0.15, 0.2) is 0 Å². The average molecular weight is 195 g/mol. The van der Waals surface area contributed by atoms with Crippen LogP contribution in [-0.4, -0.2) is 47.5 Å². The van der Waals surface area contributed by atoms with Gasteiger partial charge in [-0.15, -0.1) is 0 Å². The second-order valence-corrected chi connectivity index (χ2v) is 3.65. The summed E-state index contributed by atoms with van der Waals surface area (Å²) in [5.74, 6) is 0. The molecule has 0 amide bonds. The lowest BCUT2D eigenvalue weighted by Gasteiger charge is -2.26. The van der Waals surface area contributed by atoms with Gasteiger partial charge in [-0.3, -0.25) is 9.58 Å². The number of ether oxygens (including phenoxy) is 1. The van der Waals surface area contributed by atoms with Crippen LogP contribution in [0.1, 0.15) is 5.69 Å². The molecule has 0 unspecified atom stereocenters. The van der Waals surface area contributed by atoms with Gasteiger partial charge in [0.25, 0.3) is 0 Å². The summed E-state index contributed by atoms with van der Waals surface area (Å²) in [6.45, 7) is 5.01. The normalized spacial score (nSPS) is 18.6. The van der Waals surface area contributed by atoms with Crippen molar-refractivity contribution in [3.63, 3.8) is 0 Å². The van der Waals surface area contributed by atoms with E-state index in [0.717, 1.165) is 39.3 Å². The van der Waals surface area contributed by atoms with Crippen LogP contribution >= 0.6 is 0 Å². The van der Waals surface area contributed by atoms with Crippen molar-refractivity contribution in [2.24, 2.45) is 7.05 Å². The molecule has 1 fully saturated rings. The van der Waals surface area contributed by atoms with E-state index in [-0.39, 0.29) is 0 Å². The molecule has 1 saturated heterocycles. The third kappa shape index (κ3) is 2.33. The molecule has 0 aliphatic carbocycles. The number of aryl methyl sites for hydroxylation is 1. The molecule has 0 saturated carbocycles. The van der Waals surface area contributed by atoms with Gasteiger partial charge in [-0.25, -0.2) is 0 Å².